The van der Waals surface area contributed by atoms with Gasteiger partial charge in [-0.05, 0) is 10.4 Å². The van der Waals surface area contributed by atoms with Crippen molar-refractivity contribution in [3.8, 4) is 0 Å². The molecule has 0 aromatic heterocycles. The van der Waals surface area contributed by atoms with Crippen LogP contribution in [0.2, 0.25) is 0 Å². The molecule has 0 unspecified atom stereocenters. The average Bonchev–Trinajstić information content (AvgIpc) is 2.41. The molecule has 4 nitrogen and oxygen atoms in total. The normalized spacial score (nSPS) is 11.2. The zero-order valence-electron chi connectivity index (χ0n) is 9.19. The van der Waals surface area contributed by atoms with E-state index in [0.717, 1.165) is 5.56 Å². The zero-order valence-corrected chi connectivity index (χ0v) is 9.19. The van der Waals surface area contributed by atoms with Crippen LogP contribution in [-0.2, 0) is 11.4 Å². The Bertz CT molecular complexity index is 483. The molecule has 17 heavy (non-hydrogen) atoms. The summed E-state index contributed by atoms with van der Waals surface area (Å²) < 4.78 is 0. The van der Waals surface area contributed by atoms with Crippen molar-refractivity contribution in [3.05, 3.63) is 71.4 Å². The smallest absolute Gasteiger partial charge is 0.248 e. The minimum absolute atomic E-state index is 0.284. The number of para-hydroxylation sites is 1. The van der Waals surface area contributed by atoms with Gasteiger partial charge < -0.3 is 10.0 Å². The van der Waals surface area contributed by atoms with Crippen LogP contribution in [0.25, 0.3) is 0 Å². The van der Waals surface area contributed by atoms with Gasteiger partial charge in [0.25, 0.3) is 0 Å². The van der Waals surface area contributed by atoms with E-state index in [1.54, 1.807) is 24.3 Å². The van der Waals surface area contributed by atoms with Gasteiger partial charge in [0, 0.05) is 12.1 Å². The van der Waals surface area contributed by atoms with Crippen molar-refractivity contribution in [3.63, 3.8) is 0 Å². The second-order valence-electron chi connectivity index (χ2n) is 3.45. The number of hydrogen-bond acceptors (Lipinski definition) is 3. The molecular formula is C13H12N2O2. The molecule has 0 radical (unpaired) electrons. The minimum Gasteiger partial charge on any atom is -0.592 e. The maximum Gasteiger partial charge on any atom is 0.248 e. The highest BCUT2D eigenvalue weighted by Gasteiger charge is 2.01. The quantitative estimate of drug-likeness (QED) is 0.457. The van der Waals surface area contributed by atoms with E-state index < -0.39 is 0 Å². The molecule has 0 heterocycles. The number of nitrogens with zero attached hydrogens (tertiary/aromatic N) is 2. The van der Waals surface area contributed by atoms with Crippen LogP contribution in [0, 0.1) is 5.21 Å². The summed E-state index contributed by atoms with van der Waals surface area (Å²) in [6.07, 6.45) is 0. The van der Waals surface area contributed by atoms with Crippen molar-refractivity contribution in [2.45, 2.75) is 6.61 Å². The van der Waals surface area contributed by atoms with Crippen LogP contribution in [0.4, 0.5) is 5.69 Å². The maximum absolute atomic E-state index is 11.5. The van der Waals surface area contributed by atoms with Crippen LogP contribution in [0.15, 0.2) is 65.9 Å². The van der Waals surface area contributed by atoms with Crippen LogP contribution in [0.1, 0.15) is 5.56 Å². The molecule has 2 rings (SSSR count). The van der Waals surface area contributed by atoms with E-state index in [9.17, 15) is 5.21 Å². The van der Waals surface area contributed by atoms with Crippen LogP contribution in [-0.4, -0.2) is 4.86 Å². The highest BCUT2D eigenvalue weighted by Crippen LogP contribution is 2.10. The molecule has 0 aliphatic heterocycles. The van der Waals surface area contributed by atoms with Gasteiger partial charge in [-0.25, -0.2) is 0 Å². The van der Waals surface area contributed by atoms with Crippen LogP contribution >= 0.6 is 0 Å². The first-order chi connectivity index (χ1) is 8.36. The Kier molecular flexibility index (Phi) is 3.70. The van der Waals surface area contributed by atoms with Crippen molar-refractivity contribution in [1.29, 1.82) is 0 Å². The molecule has 86 valence electrons. The van der Waals surface area contributed by atoms with E-state index >= 15 is 0 Å². The second-order valence-corrected chi connectivity index (χ2v) is 3.45. The lowest BCUT2D eigenvalue weighted by atomic mass is 10.2. The molecule has 0 aliphatic rings. The molecule has 2 aromatic rings. The minimum atomic E-state index is 0.284. The molecule has 0 fully saturated rings. The topological polar surface area (TPSA) is 47.7 Å². The summed E-state index contributed by atoms with van der Waals surface area (Å²) in [5.74, 6) is 0. The predicted molar refractivity (Wildman–Crippen MR) is 63.4 cm³/mol. The summed E-state index contributed by atoms with van der Waals surface area (Å²) in [5.41, 5.74) is 1.42. The highest BCUT2D eigenvalue weighted by molar-refractivity contribution is 5.27. The van der Waals surface area contributed by atoms with E-state index in [0.29, 0.717) is 10.5 Å². The predicted octanol–water partition coefficient (Wildman–Crippen LogP) is 3.41. The zero-order chi connectivity index (χ0) is 11.9. The largest absolute Gasteiger partial charge is 0.592 e. The molecule has 0 N–H and O–H groups in total. The lowest BCUT2D eigenvalue weighted by Gasteiger charge is -1.99. The van der Waals surface area contributed by atoms with Gasteiger partial charge >= 0.3 is 0 Å². The lowest BCUT2D eigenvalue weighted by molar-refractivity contribution is -0.480. The van der Waals surface area contributed by atoms with E-state index in [-0.39, 0.29) is 6.61 Å². The molecule has 0 atom stereocenters. The SMILES string of the molecule is [O-]/[N+](=N\OCc1ccccc1)c1ccccc1. The van der Waals surface area contributed by atoms with Gasteiger partial charge in [-0.15, -0.1) is 0 Å². The number of benzene rings is 2. The second kappa shape index (κ2) is 5.65. The molecule has 2 aromatic carbocycles. The van der Waals surface area contributed by atoms with Gasteiger partial charge in [0.15, 0.2) is 0 Å². The molecule has 0 spiro atoms. The van der Waals surface area contributed by atoms with Crippen LogP contribution < -0.4 is 0 Å². The van der Waals surface area contributed by atoms with Crippen molar-refractivity contribution in [1.82, 2.24) is 0 Å². The summed E-state index contributed by atoms with van der Waals surface area (Å²) in [6, 6.07) is 18.3. The van der Waals surface area contributed by atoms with Gasteiger partial charge in [-0.2, -0.15) is 0 Å². The van der Waals surface area contributed by atoms with Gasteiger partial charge in [-0.3, -0.25) is 0 Å². The Balaban J connectivity index is 1.93. The standard InChI is InChI=1S/C13H12N2O2/c16-15(13-9-5-2-6-10-13)14-17-11-12-7-3-1-4-8-12/h1-10H,11H2/b15-14-. The third-order valence-corrected chi connectivity index (χ3v) is 2.18. The van der Waals surface area contributed by atoms with Crippen molar-refractivity contribution >= 4 is 5.69 Å². The Labute approximate surface area is 99.3 Å². The summed E-state index contributed by atoms with van der Waals surface area (Å²) in [4.78, 5) is 5.44. The maximum atomic E-state index is 11.5. The van der Waals surface area contributed by atoms with E-state index in [4.69, 9.17) is 4.84 Å². The third-order valence-electron chi connectivity index (χ3n) is 2.18. The average molecular weight is 228 g/mol. The van der Waals surface area contributed by atoms with Gasteiger partial charge in [0.2, 0.25) is 11.0 Å². The van der Waals surface area contributed by atoms with E-state index in [1.165, 1.54) is 0 Å². The monoisotopic (exact) mass is 228 g/mol. The first-order valence-corrected chi connectivity index (χ1v) is 5.25. The van der Waals surface area contributed by atoms with Crippen LogP contribution in [0.3, 0.4) is 0 Å². The lowest BCUT2D eigenvalue weighted by Crippen LogP contribution is -1.94. The first kappa shape index (κ1) is 11.1. The van der Waals surface area contributed by atoms with E-state index in [2.05, 4.69) is 5.28 Å². The van der Waals surface area contributed by atoms with E-state index in [1.807, 2.05) is 36.4 Å². The van der Waals surface area contributed by atoms with Gasteiger partial charge in [-0.1, -0.05) is 48.5 Å². The van der Waals surface area contributed by atoms with Gasteiger partial charge in [0.1, 0.15) is 6.61 Å². The van der Waals surface area contributed by atoms with Gasteiger partial charge in [0.05, 0.1) is 0 Å². The highest BCUT2D eigenvalue weighted by atomic mass is 16.7. The number of rotatable bonds is 4. The first-order valence-electron chi connectivity index (χ1n) is 5.25. The fraction of sp³-hybridized carbons (Fsp3) is 0.0769. The summed E-state index contributed by atoms with van der Waals surface area (Å²) in [7, 11) is 0. The molecule has 0 amide bonds. The van der Waals surface area contributed by atoms with Crippen LogP contribution in [0.5, 0.6) is 0 Å². The Hall–Kier alpha value is -2.36. The Morgan fingerprint density at radius 3 is 2.18 bits per heavy atom. The van der Waals surface area contributed by atoms with Crippen molar-refractivity contribution < 1.29 is 9.70 Å². The summed E-state index contributed by atoms with van der Waals surface area (Å²) >= 11 is 0. The Morgan fingerprint density at radius 2 is 1.53 bits per heavy atom. The molecular weight excluding hydrogens is 216 g/mol. The molecule has 0 bridgehead atoms. The molecule has 0 saturated heterocycles. The molecule has 0 saturated carbocycles. The third kappa shape index (κ3) is 3.31. The summed E-state index contributed by atoms with van der Waals surface area (Å²) in [5, 5.41) is 14.9. The van der Waals surface area contributed by atoms with Crippen molar-refractivity contribution in [2.75, 3.05) is 0 Å². The Morgan fingerprint density at radius 1 is 0.941 bits per heavy atom. The molecule has 0 aliphatic carbocycles. The molecule has 4 heteroatoms. The van der Waals surface area contributed by atoms with Crippen molar-refractivity contribution in [2.24, 2.45) is 5.28 Å². The number of hydrogen-bond donors (Lipinski definition) is 0. The fourth-order valence-electron chi connectivity index (χ4n) is 1.33. The fourth-order valence-corrected chi connectivity index (χ4v) is 1.33. The summed E-state index contributed by atoms with van der Waals surface area (Å²) in [6.45, 7) is 0.284.